The maximum Gasteiger partial charge on any atom is 0.414 e. The first kappa shape index (κ1) is 24.0. The summed E-state index contributed by atoms with van der Waals surface area (Å²) < 4.78 is 33.0. The van der Waals surface area contributed by atoms with Crippen LogP contribution in [0.3, 0.4) is 0 Å². The van der Waals surface area contributed by atoms with Gasteiger partial charge in [-0.2, -0.15) is 0 Å². The molecule has 2 aliphatic heterocycles. The van der Waals surface area contributed by atoms with Crippen LogP contribution in [0.5, 0.6) is 0 Å². The van der Waals surface area contributed by atoms with Gasteiger partial charge in [0, 0.05) is 43.6 Å². The van der Waals surface area contributed by atoms with E-state index < -0.39 is 32.7 Å². The summed E-state index contributed by atoms with van der Waals surface area (Å²) in [6, 6.07) is 7.12. The molecule has 0 unspecified atom stereocenters. The van der Waals surface area contributed by atoms with Crippen LogP contribution in [0.4, 0.5) is 10.5 Å². The van der Waals surface area contributed by atoms with E-state index in [1.54, 1.807) is 12.1 Å². The van der Waals surface area contributed by atoms with E-state index in [0.717, 1.165) is 44.3 Å². The topological polar surface area (TPSA) is 122 Å². The van der Waals surface area contributed by atoms with Gasteiger partial charge in [-0.3, -0.25) is 14.9 Å². The molecule has 32 heavy (non-hydrogen) atoms. The minimum atomic E-state index is -3.89. The lowest BCUT2D eigenvalue weighted by molar-refractivity contribution is -0.132. The van der Waals surface area contributed by atoms with Gasteiger partial charge in [0.1, 0.15) is 6.10 Å². The number of cyclic esters (lactones) is 1. The second kappa shape index (κ2) is 9.90. The Kier molecular flexibility index (Phi) is 7.44. The van der Waals surface area contributed by atoms with Crippen molar-refractivity contribution < 1.29 is 32.7 Å². The molecular weight excluding hydrogens is 436 g/mol. The van der Waals surface area contributed by atoms with Crippen LogP contribution in [0.2, 0.25) is 0 Å². The van der Waals surface area contributed by atoms with Gasteiger partial charge in [0.05, 0.1) is 6.54 Å². The second-order valence-corrected chi connectivity index (χ2v) is 10.8. The van der Waals surface area contributed by atoms with Crippen molar-refractivity contribution >= 4 is 27.5 Å². The van der Waals surface area contributed by atoms with E-state index in [1.165, 1.54) is 17.3 Å². The number of nitrogens with one attached hydrogen (secondary N) is 1. The van der Waals surface area contributed by atoms with Crippen LogP contribution in [0.25, 0.3) is 0 Å². The molecule has 0 bridgehead atoms. The molecule has 0 radical (unpaired) electrons. The molecule has 2 saturated heterocycles. The zero-order valence-electron chi connectivity index (χ0n) is 18.2. The van der Waals surface area contributed by atoms with Gasteiger partial charge in [-0.05, 0) is 49.9 Å². The van der Waals surface area contributed by atoms with Gasteiger partial charge >= 0.3 is 6.09 Å². The molecule has 1 aromatic carbocycles. The summed E-state index contributed by atoms with van der Waals surface area (Å²) in [6.45, 7) is 2.86. The lowest BCUT2D eigenvalue weighted by atomic mass is 9.97. The van der Waals surface area contributed by atoms with Crippen LogP contribution < -0.4 is 10.4 Å². The van der Waals surface area contributed by atoms with E-state index in [2.05, 4.69) is 11.8 Å². The van der Waals surface area contributed by atoms with Gasteiger partial charge < -0.3 is 9.47 Å². The fourth-order valence-electron chi connectivity index (χ4n) is 3.78. The Balaban J connectivity index is 1.64. The predicted octanol–water partition coefficient (Wildman–Crippen LogP) is 1.88. The van der Waals surface area contributed by atoms with Crippen molar-refractivity contribution in [2.75, 3.05) is 30.9 Å². The Labute approximate surface area is 187 Å². The number of amides is 2. The third kappa shape index (κ3) is 5.41. The van der Waals surface area contributed by atoms with Gasteiger partial charge in [-0.15, -0.1) is 0 Å². The summed E-state index contributed by atoms with van der Waals surface area (Å²) in [5.41, 5.74) is 2.80. The van der Waals surface area contributed by atoms with Crippen molar-refractivity contribution in [3.05, 3.63) is 29.8 Å². The lowest BCUT2D eigenvalue weighted by Crippen LogP contribution is -2.51. The van der Waals surface area contributed by atoms with E-state index >= 15 is 0 Å². The second-order valence-electron chi connectivity index (χ2n) is 8.37. The van der Waals surface area contributed by atoms with Gasteiger partial charge in [-0.25, -0.2) is 18.7 Å². The first-order valence-corrected chi connectivity index (χ1v) is 12.3. The third-order valence-corrected chi connectivity index (χ3v) is 8.02. The van der Waals surface area contributed by atoms with E-state index in [-0.39, 0.29) is 13.0 Å². The van der Waals surface area contributed by atoms with Gasteiger partial charge in [0.25, 0.3) is 5.91 Å². The Morgan fingerprint density at radius 3 is 2.53 bits per heavy atom. The molecule has 2 amide bonds. The zero-order chi connectivity index (χ0) is 23.4. The van der Waals surface area contributed by atoms with E-state index in [0.29, 0.717) is 11.6 Å². The molecule has 2 aliphatic rings. The van der Waals surface area contributed by atoms with E-state index in [4.69, 9.17) is 14.7 Å². The molecule has 0 spiro atoms. The number of hydrogen-bond acceptors (Lipinski definition) is 7. The standard InChI is InChI=1S/C22H28N2O7S/c1-22(20(25)23-27,32(2,28)29)14-19-15-24(21(26)31-19)18-8-6-16(7-9-18)4-3-5-17-10-12-30-13-11-17/h6-9,17,19,27H,5,10-15H2,1-2H3,(H,23,25)/t19-,22+/m0/s1. The first-order valence-electron chi connectivity index (χ1n) is 10.4. The van der Waals surface area contributed by atoms with Crippen LogP contribution in [0.15, 0.2) is 24.3 Å². The zero-order valence-corrected chi connectivity index (χ0v) is 19.0. The molecule has 9 nitrogen and oxygen atoms in total. The smallest absolute Gasteiger partial charge is 0.414 e. The number of hydroxylamine groups is 1. The Morgan fingerprint density at radius 2 is 1.94 bits per heavy atom. The van der Waals surface area contributed by atoms with Crippen molar-refractivity contribution in [2.24, 2.45) is 5.92 Å². The molecule has 10 heteroatoms. The SMILES string of the molecule is C[C@@](C[C@H]1CN(c2ccc(C#CCC3CCOCC3)cc2)C(=O)O1)(C(=O)NO)S(C)(=O)=O. The number of hydrogen-bond donors (Lipinski definition) is 2. The highest BCUT2D eigenvalue weighted by Crippen LogP contribution is 2.30. The highest BCUT2D eigenvalue weighted by Gasteiger charge is 2.48. The normalized spacial score (nSPS) is 21.3. The number of rotatable bonds is 6. The van der Waals surface area contributed by atoms with Crippen LogP contribution in [-0.4, -0.2) is 62.5 Å². The van der Waals surface area contributed by atoms with Crippen LogP contribution >= 0.6 is 0 Å². The summed E-state index contributed by atoms with van der Waals surface area (Å²) in [5.74, 6) is 5.84. The minimum absolute atomic E-state index is 0.0808. The van der Waals surface area contributed by atoms with Crippen LogP contribution in [0, 0.1) is 17.8 Å². The van der Waals surface area contributed by atoms with Gasteiger partial charge in [0.15, 0.2) is 14.6 Å². The molecule has 3 rings (SSSR count). The number of ether oxygens (including phenoxy) is 2. The molecule has 0 saturated carbocycles. The van der Waals surface area contributed by atoms with Gasteiger partial charge in [-0.1, -0.05) is 11.8 Å². The Morgan fingerprint density at radius 1 is 1.28 bits per heavy atom. The number of sulfone groups is 1. The van der Waals surface area contributed by atoms with Crippen LogP contribution in [0.1, 0.15) is 38.2 Å². The quantitative estimate of drug-likeness (QED) is 0.374. The summed E-state index contributed by atoms with van der Waals surface area (Å²) >= 11 is 0. The molecule has 2 N–H and O–H groups in total. The average Bonchev–Trinajstić information content (AvgIpc) is 3.13. The third-order valence-electron chi connectivity index (χ3n) is 6.03. The van der Waals surface area contributed by atoms with E-state index in [1.807, 2.05) is 12.1 Å². The highest BCUT2D eigenvalue weighted by molar-refractivity contribution is 7.92. The minimum Gasteiger partial charge on any atom is -0.444 e. The van der Waals surface area contributed by atoms with Crippen molar-refractivity contribution in [3.8, 4) is 11.8 Å². The molecule has 2 fully saturated rings. The first-order chi connectivity index (χ1) is 15.1. The molecule has 0 aromatic heterocycles. The number of benzene rings is 1. The summed E-state index contributed by atoms with van der Waals surface area (Å²) in [7, 11) is -3.89. The summed E-state index contributed by atoms with van der Waals surface area (Å²) in [5, 5.41) is 8.95. The molecule has 2 atom stereocenters. The summed E-state index contributed by atoms with van der Waals surface area (Å²) in [4.78, 5) is 25.7. The predicted molar refractivity (Wildman–Crippen MR) is 117 cm³/mol. The monoisotopic (exact) mass is 464 g/mol. The van der Waals surface area contributed by atoms with Crippen molar-refractivity contribution in [3.63, 3.8) is 0 Å². The maximum atomic E-state index is 12.4. The number of carbonyl (C=O) groups is 2. The van der Waals surface area contributed by atoms with Crippen molar-refractivity contribution in [1.29, 1.82) is 0 Å². The molecule has 0 aliphatic carbocycles. The number of anilines is 1. The maximum absolute atomic E-state index is 12.4. The van der Waals surface area contributed by atoms with E-state index in [9.17, 15) is 18.0 Å². The van der Waals surface area contributed by atoms with Crippen molar-refractivity contribution in [1.82, 2.24) is 5.48 Å². The highest BCUT2D eigenvalue weighted by atomic mass is 32.2. The number of nitrogens with zero attached hydrogens (tertiary/aromatic N) is 1. The van der Waals surface area contributed by atoms with Crippen molar-refractivity contribution in [2.45, 2.75) is 43.5 Å². The molecule has 2 heterocycles. The largest absolute Gasteiger partial charge is 0.444 e. The molecule has 174 valence electrons. The average molecular weight is 465 g/mol. The molecular formula is C22H28N2O7S. The van der Waals surface area contributed by atoms with Crippen LogP contribution in [-0.2, 0) is 24.1 Å². The Bertz CT molecular complexity index is 1010. The van der Waals surface area contributed by atoms with Gasteiger partial charge in [0.2, 0.25) is 0 Å². The number of carbonyl (C=O) groups excluding carboxylic acids is 2. The fraction of sp³-hybridized carbons (Fsp3) is 0.545. The molecule has 1 aromatic rings. The summed E-state index contributed by atoms with van der Waals surface area (Å²) in [6.07, 6.45) is 2.04. The lowest BCUT2D eigenvalue weighted by Gasteiger charge is -2.26. The Hall–Kier alpha value is -2.61. The fourth-order valence-corrected chi connectivity index (χ4v) is 4.65.